The number of halogens is 4. The summed E-state index contributed by atoms with van der Waals surface area (Å²) in [7, 11) is -4.18. The number of nitrogens with one attached hydrogen (secondary N) is 1. The van der Waals surface area contributed by atoms with Gasteiger partial charge in [0, 0.05) is 41.5 Å². The molecule has 0 saturated heterocycles. The second-order valence-corrected chi connectivity index (χ2v) is 9.67. The lowest BCUT2D eigenvalue weighted by Gasteiger charge is -2.12. The molecule has 188 valence electrons. The average molecular weight is 521 g/mol. The fraction of sp³-hybridized carbons (Fsp3) is 0.208. The van der Waals surface area contributed by atoms with Crippen LogP contribution in [0.15, 0.2) is 70.4 Å². The molecule has 3 heterocycles. The molecule has 0 aliphatic rings. The Kier molecular flexibility index (Phi) is 6.92. The van der Waals surface area contributed by atoms with Gasteiger partial charge in [-0.05, 0) is 55.8 Å². The number of benzene rings is 1. The number of furan rings is 1. The van der Waals surface area contributed by atoms with Crippen molar-refractivity contribution in [3.63, 3.8) is 0 Å². The summed E-state index contributed by atoms with van der Waals surface area (Å²) in [5.74, 6) is -0.962. The van der Waals surface area contributed by atoms with Crippen LogP contribution >= 0.6 is 0 Å². The molecule has 0 bridgehead atoms. The van der Waals surface area contributed by atoms with Gasteiger partial charge >= 0.3 is 6.18 Å². The van der Waals surface area contributed by atoms with Crippen molar-refractivity contribution in [1.82, 2.24) is 14.7 Å². The molecule has 0 spiro atoms. The smallest absolute Gasteiger partial charge is 0.417 e. The molecule has 0 fully saturated rings. The molecular formula is C24H19F4N3O4S. The number of carbonyl (C=O) groups excluding carboxylic acids is 1. The number of carbonyl (C=O) groups is 1. The van der Waals surface area contributed by atoms with Crippen molar-refractivity contribution in [2.75, 3.05) is 0 Å². The molecule has 36 heavy (non-hydrogen) atoms. The molecule has 1 N–H and O–H groups in total. The number of hydrogen-bond donors (Lipinski definition) is 1. The Morgan fingerprint density at radius 3 is 2.56 bits per heavy atom. The van der Waals surface area contributed by atoms with Crippen molar-refractivity contribution in [1.29, 1.82) is 0 Å². The van der Waals surface area contributed by atoms with Crippen LogP contribution in [0.1, 0.15) is 24.6 Å². The summed E-state index contributed by atoms with van der Waals surface area (Å²) in [6.45, 7) is 1.39. The standard InChI is InChI=1S/C24H19F4N3O4S/c1-14(31-36(33,34)23-12-16-10-18(25)3-7-22(16)35-23)21(32)6-4-19-11-15(8-9-29-19)20-5-2-17(13-30-20)24(26,27)28/h2-3,5,7-14,31H,4,6H2,1H3/t14-/m0/s1. The number of nitrogens with zero attached hydrogens (tertiary/aromatic N) is 2. The van der Waals surface area contributed by atoms with Crippen molar-refractivity contribution in [3.8, 4) is 11.3 Å². The Morgan fingerprint density at radius 2 is 1.86 bits per heavy atom. The highest BCUT2D eigenvalue weighted by Crippen LogP contribution is 2.30. The number of aryl methyl sites for hydroxylation is 1. The maximum Gasteiger partial charge on any atom is 0.417 e. The lowest BCUT2D eigenvalue weighted by molar-refractivity contribution is -0.137. The molecule has 0 amide bonds. The summed E-state index contributed by atoms with van der Waals surface area (Å²) >= 11 is 0. The Labute approximate surface area is 203 Å². The third kappa shape index (κ3) is 5.77. The largest absolute Gasteiger partial charge is 0.443 e. The van der Waals surface area contributed by atoms with E-state index in [4.69, 9.17) is 4.42 Å². The van der Waals surface area contributed by atoms with Gasteiger partial charge in [0.05, 0.1) is 17.3 Å². The quantitative estimate of drug-likeness (QED) is 0.331. The maximum atomic E-state index is 13.4. The number of hydrogen-bond acceptors (Lipinski definition) is 6. The Hall–Kier alpha value is -3.64. The molecule has 1 aromatic carbocycles. The third-order valence-corrected chi connectivity index (χ3v) is 6.76. The summed E-state index contributed by atoms with van der Waals surface area (Å²) in [6.07, 6.45) is -2.18. The van der Waals surface area contributed by atoms with Gasteiger partial charge in [-0.3, -0.25) is 14.8 Å². The van der Waals surface area contributed by atoms with Gasteiger partial charge in [-0.25, -0.2) is 12.8 Å². The van der Waals surface area contributed by atoms with Crippen LogP contribution in [0.4, 0.5) is 17.6 Å². The number of pyridine rings is 2. The lowest BCUT2D eigenvalue weighted by atomic mass is 10.1. The molecule has 0 saturated carbocycles. The van der Waals surface area contributed by atoms with Crippen molar-refractivity contribution >= 4 is 26.8 Å². The summed E-state index contributed by atoms with van der Waals surface area (Å²) in [5, 5.41) is -0.177. The van der Waals surface area contributed by atoms with Gasteiger partial charge in [-0.1, -0.05) is 0 Å². The van der Waals surface area contributed by atoms with Crippen LogP contribution in [-0.4, -0.2) is 30.2 Å². The van der Waals surface area contributed by atoms with Gasteiger partial charge in [0.2, 0.25) is 5.09 Å². The SMILES string of the molecule is C[C@H](NS(=O)(=O)c1cc2cc(F)ccc2o1)C(=O)CCc1cc(-c2ccc(C(F)(F)F)cn2)ccn1. The van der Waals surface area contributed by atoms with E-state index in [1.807, 2.05) is 0 Å². The second kappa shape index (κ2) is 9.78. The number of ketones is 1. The van der Waals surface area contributed by atoms with Crippen LogP contribution < -0.4 is 4.72 Å². The number of Topliss-reactive ketones (excluding diaryl/α,β-unsaturated/α-hetero) is 1. The van der Waals surface area contributed by atoms with Gasteiger partial charge in [-0.15, -0.1) is 0 Å². The van der Waals surface area contributed by atoms with Gasteiger partial charge in [0.1, 0.15) is 11.4 Å². The van der Waals surface area contributed by atoms with E-state index in [0.29, 0.717) is 17.0 Å². The second-order valence-electron chi connectivity index (χ2n) is 8.02. The minimum Gasteiger partial charge on any atom is -0.443 e. The minimum atomic E-state index is -4.49. The van der Waals surface area contributed by atoms with E-state index in [1.54, 1.807) is 12.1 Å². The Balaban J connectivity index is 1.39. The van der Waals surface area contributed by atoms with Crippen molar-refractivity contribution < 1.29 is 35.2 Å². The van der Waals surface area contributed by atoms with Crippen molar-refractivity contribution in [2.45, 2.75) is 37.1 Å². The topological polar surface area (TPSA) is 102 Å². The molecule has 7 nitrogen and oxygen atoms in total. The zero-order valence-electron chi connectivity index (χ0n) is 18.7. The van der Waals surface area contributed by atoms with Crippen LogP contribution in [0.3, 0.4) is 0 Å². The average Bonchev–Trinajstić information content (AvgIpc) is 3.26. The molecule has 3 aromatic heterocycles. The van der Waals surface area contributed by atoms with Crippen LogP contribution in [0.2, 0.25) is 0 Å². The molecule has 4 rings (SSSR count). The van der Waals surface area contributed by atoms with Crippen LogP contribution in [-0.2, 0) is 27.4 Å². The van der Waals surface area contributed by atoms with Gasteiger partial charge < -0.3 is 4.42 Å². The van der Waals surface area contributed by atoms with Gasteiger partial charge in [-0.2, -0.15) is 17.9 Å². The van der Waals surface area contributed by atoms with Crippen LogP contribution in [0.25, 0.3) is 22.2 Å². The predicted octanol–water partition coefficient (Wildman–Crippen LogP) is 4.92. The predicted molar refractivity (Wildman–Crippen MR) is 122 cm³/mol. The molecule has 12 heteroatoms. The summed E-state index contributed by atoms with van der Waals surface area (Å²) < 4.78 is 84.4. The Morgan fingerprint density at radius 1 is 1.08 bits per heavy atom. The van der Waals surface area contributed by atoms with E-state index in [1.165, 1.54) is 31.3 Å². The van der Waals surface area contributed by atoms with Crippen LogP contribution in [0, 0.1) is 5.82 Å². The molecular weight excluding hydrogens is 502 g/mol. The number of fused-ring (bicyclic) bond motifs is 1. The van der Waals surface area contributed by atoms with E-state index in [2.05, 4.69) is 14.7 Å². The van der Waals surface area contributed by atoms with Crippen LogP contribution in [0.5, 0.6) is 0 Å². The first-order valence-electron chi connectivity index (χ1n) is 10.6. The third-order valence-electron chi connectivity index (χ3n) is 5.37. The number of alkyl halides is 3. The zero-order valence-corrected chi connectivity index (χ0v) is 19.5. The summed E-state index contributed by atoms with van der Waals surface area (Å²) in [4.78, 5) is 20.6. The summed E-state index contributed by atoms with van der Waals surface area (Å²) in [5.41, 5.74) is 0.639. The van der Waals surface area contributed by atoms with E-state index in [-0.39, 0.29) is 23.8 Å². The molecule has 0 aliphatic heterocycles. The monoisotopic (exact) mass is 521 g/mol. The van der Waals surface area contributed by atoms with Crippen molar-refractivity contribution in [2.24, 2.45) is 0 Å². The minimum absolute atomic E-state index is 0.0497. The first kappa shape index (κ1) is 25.5. The number of rotatable bonds is 8. The van der Waals surface area contributed by atoms with Gasteiger partial charge in [0.25, 0.3) is 10.0 Å². The molecule has 0 radical (unpaired) electrons. The molecule has 1 atom stereocenters. The number of sulfonamides is 1. The van der Waals surface area contributed by atoms with E-state index in [9.17, 15) is 30.8 Å². The Bertz CT molecular complexity index is 1520. The normalized spacial score (nSPS) is 13.1. The van der Waals surface area contributed by atoms with Gasteiger partial charge in [0.15, 0.2) is 5.78 Å². The highest BCUT2D eigenvalue weighted by atomic mass is 32.2. The fourth-order valence-corrected chi connectivity index (χ4v) is 4.65. The lowest BCUT2D eigenvalue weighted by Crippen LogP contribution is -2.38. The maximum absolute atomic E-state index is 13.4. The zero-order chi connectivity index (χ0) is 26.1. The van der Waals surface area contributed by atoms with E-state index in [0.717, 1.165) is 24.4 Å². The highest BCUT2D eigenvalue weighted by molar-refractivity contribution is 7.89. The first-order valence-corrected chi connectivity index (χ1v) is 12.1. The van der Waals surface area contributed by atoms with E-state index < -0.39 is 44.5 Å². The molecule has 0 unspecified atom stereocenters. The fourth-order valence-electron chi connectivity index (χ4n) is 3.45. The molecule has 0 aliphatic carbocycles. The highest BCUT2D eigenvalue weighted by Gasteiger charge is 2.30. The van der Waals surface area contributed by atoms with Crippen molar-refractivity contribution in [3.05, 3.63) is 78.0 Å². The van der Waals surface area contributed by atoms with E-state index >= 15 is 0 Å². The summed E-state index contributed by atoms with van der Waals surface area (Å²) in [6, 6.07) is 9.02. The first-order chi connectivity index (χ1) is 16.9. The molecule has 4 aromatic rings. The number of aromatic nitrogens is 2.